The number of rotatable bonds is 4. The fraction of sp³-hybridized carbons (Fsp3) is 0.400. The maximum atomic E-state index is 12.3. The lowest BCUT2D eigenvalue weighted by atomic mass is 9.85. The summed E-state index contributed by atoms with van der Waals surface area (Å²) in [6, 6.07) is 3.82. The van der Waals surface area contributed by atoms with Crippen LogP contribution in [0.25, 0.3) is 5.52 Å². The molecule has 0 bridgehead atoms. The number of aliphatic carboxylic acids is 1. The molecule has 21 heavy (non-hydrogen) atoms. The molecule has 1 amide bonds. The van der Waals surface area contributed by atoms with Gasteiger partial charge in [-0.25, -0.2) is 4.98 Å². The summed E-state index contributed by atoms with van der Waals surface area (Å²) in [6.07, 6.45) is 7.76. The van der Waals surface area contributed by atoms with Gasteiger partial charge in [0.15, 0.2) is 0 Å². The number of amides is 1. The molecule has 1 fully saturated rings. The molecule has 110 valence electrons. The third kappa shape index (κ3) is 2.37. The molecule has 0 saturated heterocycles. The summed E-state index contributed by atoms with van der Waals surface area (Å²) >= 11 is 0. The van der Waals surface area contributed by atoms with Gasteiger partial charge in [0.2, 0.25) is 5.91 Å². The first-order chi connectivity index (χ1) is 10.1. The molecule has 6 nitrogen and oxygen atoms in total. The second-order valence-corrected chi connectivity index (χ2v) is 5.54. The molecule has 1 aliphatic rings. The number of carbonyl (C=O) groups excluding carboxylic acids is 1. The van der Waals surface area contributed by atoms with Gasteiger partial charge in [0.05, 0.1) is 18.0 Å². The molecule has 0 aliphatic heterocycles. The molecule has 0 atom stereocenters. The number of hydrogen-bond donors (Lipinski definition) is 2. The van der Waals surface area contributed by atoms with E-state index in [2.05, 4.69) is 10.3 Å². The number of carboxylic acids is 1. The summed E-state index contributed by atoms with van der Waals surface area (Å²) in [5.41, 5.74) is 0.648. The van der Waals surface area contributed by atoms with Gasteiger partial charge in [0.1, 0.15) is 5.41 Å². The van der Waals surface area contributed by atoms with E-state index >= 15 is 0 Å². The Morgan fingerprint density at radius 3 is 2.81 bits per heavy atom. The highest BCUT2D eigenvalue weighted by molar-refractivity contribution is 6.02. The first-order valence-electron chi connectivity index (χ1n) is 7.04. The molecule has 0 spiro atoms. The van der Waals surface area contributed by atoms with Crippen molar-refractivity contribution < 1.29 is 14.7 Å². The molecule has 2 heterocycles. The lowest BCUT2D eigenvalue weighted by Crippen LogP contribution is -2.44. The van der Waals surface area contributed by atoms with E-state index in [4.69, 9.17) is 0 Å². The Bertz CT molecular complexity index is 686. The number of nitrogens with one attached hydrogen (secondary N) is 1. The van der Waals surface area contributed by atoms with Crippen LogP contribution in [0.3, 0.4) is 0 Å². The number of carboxylic acid groups (broad SMARTS) is 1. The van der Waals surface area contributed by atoms with Crippen LogP contribution < -0.4 is 5.32 Å². The van der Waals surface area contributed by atoms with Gasteiger partial charge >= 0.3 is 5.97 Å². The van der Waals surface area contributed by atoms with Gasteiger partial charge in [-0.05, 0) is 24.5 Å². The van der Waals surface area contributed by atoms with Crippen LogP contribution in [0.5, 0.6) is 0 Å². The first-order valence-corrected chi connectivity index (χ1v) is 7.04. The van der Waals surface area contributed by atoms with Crippen LogP contribution in [0.4, 0.5) is 0 Å². The maximum Gasteiger partial charge on any atom is 0.319 e. The van der Waals surface area contributed by atoms with Crippen LogP contribution in [0.1, 0.15) is 31.2 Å². The molecule has 6 heteroatoms. The van der Waals surface area contributed by atoms with Gasteiger partial charge in [-0.2, -0.15) is 0 Å². The maximum absolute atomic E-state index is 12.3. The fourth-order valence-corrected chi connectivity index (χ4v) is 2.94. The highest BCUT2D eigenvalue weighted by atomic mass is 16.4. The summed E-state index contributed by atoms with van der Waals surface area (Å²) < 4.78 is 1.87. The molecule has 0 radical (unpaired) electrons. The van der Waals surface area contributed by atoms with Crippen molar-refractivity contribution in [1.29, 1.82) is 0 Å². The minimum absolute atomic E-state index is 0.321. The molecular formula is C15H17N3O3. The summed E-state index contributed by atoms with van der Waals surface area (Å²) in [6.45, 7) is 0.321. The molecule has 3 rings (SSSR count). The van der Waals surface area contributed by atoms with Crippen LogP contribution in [0.2, 0.25) is 0 Å². The zero-order chi connectivity index (χ0) is 14.9. The van der Waals surface area contributed by atoms with Crippen LogP contribution >= 0.6 is 0 Å². The number of fused-ring (bicyclic) bond motifs is 1. The van der Waals surface area contributed by atoms with Gasteiger partial charge in [0, 0.05) is 12.7 Å². The van der Waals surface area contributed by atoms with Crippen molar-refractivity contribution in [1.82, 2.24) is 14.7 Å². The van der Waals surface area contributed by atoms with Gasteiger partial charge < -0.3 is 14.8 Å². The Morgan fingerprint density at radius 2 is 2.10 bits per heavy atom. The number of nitrogens with zero attached hydrogens (tertiary/aromatic N) is 2. The Balaban J connectivity index is 1.71. The van der Waals surface area contributed by atoms with Crippen LogP contribution in [0.15, 0.2) is 30.9 Å². The molecule has 2 aromatic heterocycles. The van der Waals surface area contributed by atoms with Crippen molar-refractivity contribution in [2.75, 3.05) is 0 Å². The van der Waals surface area contributed by atoms with Gasteiger partial charge in [0.25, 0.3) is 0 Å². The van der Waals surface area contributed by atoms with E-state index in [1.54, 1.807) is 12.5 Å². The van der Waals surface area contributed by atoms with Crippen LogP contribution in [-0.4, -0.2) is 26.4 Å². The van der Waals surface area contributed by atoms with Crippen molar-refractivity contribution in [3.8, 4) is 0 Å². The Kier molecular flexibility index (Phi) is 3.37. The predicted molar refractivity (Wildman–Crippen MR) is 75.6 cm³/mol. The number of aromatic nitrogens is 2. The van der Waals surface area contributed by atoms with E-state index in [0.29, 0.717) is 19.4 Å². The Morgan fingerprint density at radius 1 is 1.33 bits per heavy atom. The highest BCUT2D eigenvalue weighted by Gasteiger charge is 2.47. The quantitative estimate of drug-likeness (QED) is 0.837. The average Bonchev–Trinajstić information content (AvgIpc) is 3.13. The molecule has 1 aliphatic carbocycles. The second-order valence-electron chi connectivity index (χ2n) is 5.54. The zero-order valence-electron chi connectivity index (χ0n) is 11.6. The summed E-state index contributed by atoms with van der Waals surface area (Å²) in [7, 11) is 0. The first kappa shape index (κ1) is 13.6. The minimum atomic E-state index is -1.24. The van der Waals surface area contributed by atoms with Gasteiger partial charge in [-0.1, -0.05) is 18.9 Å². The molecule has 2 N–H and O–H groups in total. The third-order valence-corrected chi connectivity index (χ3v) is 4.22. The molecule has 0 aromatic carbocycles. The second kappa shape index (κ2) is 5.20. The molecule has 0 unspecified atom stereocenters. The Labute approximate surface area is 121 Å². The zero-order valence-corrected chi connectivity index (χ0v) is 11.6. The van der Waals surface area contributed by atoms with E-state index in [0.717, 1.165) is 23.9 Å². The normalized spacial score (nSPS) is 17.0. The monoisotopic (exact) mass is 287 g/mol. The van der Waals surface area contributed by atoms with E-state index in [9.17, 15) is 14.7 Å². The van der Waals surface area contributed by atoms with Crippen molar-refractivity contribution >= 4 is 17.4 Å². The van der Waals surface area contributed by atoms with Gasteiger partial charge in [-0.15, -0.1) is 0 Å². The average molecular weight is 287 g/mol. The number of carbonyl (C=O) groups is 2. The number of hydrogen-bond acceptors (Lipinski definition) is 3. The Hall–Kier alpha value is -2.37. The lowest BCUT2D eigenvalue weighted by molar-refractivity contribution is -0.155. The SMILES string of the molecule is O=C(O)C1(C(=O)NCc2ccc3cncn3c2)CCCC1. The van der Waals surface area contributed by atoms with Crippen molar-refractivity contribution in [2.24, 2.45) is 5.41 Å². The summed E-state index contributed by atoms with van der Waals surface area (Å²) in [5.74, 6) is -1.39. The standard InChI is InChI=1S/C15H17N3O3/c19-13(15(14(20)21)5-1-2-6-15)17-7-11-3-4-12-8-16-10-18(12)9-11/h3-4,8-10H,1-2,5-7H2,(H,17,19)(H,20,21). The minimum Gasteiger partial charge on any atom is -0.480 e. The van der Waals surface area contributed by atoms with Crippen molar-refractivity contribution in [2.45, 2.75) is 32.2 Å². The third-order valence-electron chi connectivity index (χ3n) is 4.22. The van der Waals surface area contributed by atoms with Crippen LogP contribution in [-0.2, 0) is 16.1 Å². The van der Waals surface area contributed by atoms with E-state index in [-0.39, 0.29) is 5.91 Å². The van der Waals surface area contributed by atoms with E-state index in [1.165, 1.54) is 0 Å². The topological polar surface area (TPSA) is 83.7 Å². The van der Waals surface area contributed by atoms with Crippen LogP contribution in [0, 0.1) is 5.41 Å². The largest absolute Gasteiger partial charge is 0.480 e. The van der Waals surface area contributed by atoms with E-state index < -0.39 is 11.4 Å². The van der Waals surface area contributed by atoms with Crippen molar-refractivity contribution in [3.63, 3.8) is 0 Å². The molecular weight excluding hydrogens is 270 g/mol. The predicted octanol–water partition coefficient (Wildman–Crippen LogP) is 1.60. The van der Waals surface area contributed by atoms with Gasteiger partial charge in [-0.3, -0.25) is 9.59 Å². The smallest absolute Gasteiger partial charge is 0.319 e. The molecule has 2 aromatic rings. The summed E-state index contributed by atoms with van der Waals surface area (Å²) in [5, 5.41) is 12.1. The molecule has 1 saturated carbocycles. The number of pyridine rings is 1. The lowest BCUT2D eigenvalue weighted by Gasteiger charge is -2.22. The van der Waals surface area contributed by atoms with Crippen molar-refractivity contribution in [3.05, 3.63) is 36.4 Å². The van der Waals surface area contributed by atoms with E-state index in [1.807, 2.05) is 22.7 Å². The summed E-state index contributed by atoms with van der Waals surface area (Å²) in [4.78, 5) is 27.8. The fourth-order valence-electron chi connectivity index (χ4n) is 2.94. The highest BCUT2D eigenvalue weighted by Crippen LogP contribution is 2.38. The number of imidazole rings is 1.